The molecule has 1 rings (SSSR count). The standard InChI is InChI=1S/C15H24N2O2/c1-6-19-13-9-7-8-12(10-13)16-11(2)14(18)17-15(3,4)5/h7-11,16H,6H2,1-5H3,(H,17,18). The predicted molar refractivity (Wildman–Crippen MR) is 78.6 cm³/mol. The van der Waals surface area contributed by atoms with Crippen molar-refractivity contribution in [3.05, 3.63) is 24.3 Å². The number of benzene rings is 1. The van der Waals surface area contributed by atoms with Crippen LogP contribution < -0.4 is 15.4 Å². The molecule has 4 heteroatoms. The van der Waals surface area contributed by atoms with Gasteiger partial charge < -0.3 is 15.4 Å². The van der Waals surface area contributed by atoms with Crippen LogP contribution in [0, 0.1) is 0 Å². The molecule has 1 aromatic carbocycles. The van der Waals surface area contributed by atoms with Crippen molar-refractivity contribution >= 4 is 11.6 Å². The molecule has 0 saturated carbocycles. The largest absolute Gasteiger partial charge is 0.494 e. The van der Waals surface area contributed by atoms with Gasteiger partial charge in [-0.1, -0.05) is 6.07 Å². The molecule has 1 unspecified atom stereocenters. The number of anilines is 1. The molecule has 106 valence electrons. The fraction of sp³-hybridized carbons (Fsp3) is 0.533. The summed E-state index contributed by atoms with van der Waals surface area (Å²) < 4.78 is 5.43. The molecule has 0 aromatic heterocycles. The summed E-state index contributed by atoms with van der Waals surface area (Å²) in [6.07, 6.45) is 0. The lowest BCUT2D eigenvalue weighted by atomic mass is 10.1. The van der Waals surface area contributed by atoms with Crippen LogP contribution >= 0.6 is 0 Å². The Labute approximate surface area is 115 Å². The number of ether oxygens (including phenoxy) is 1. The molecule has 0 radical (unpaired) electrons. The van der Waals surface area contributed by atoms with E-state index in [1.807, 2.05) is 58.9 Å². The summed E-state index contributed by atoms with van der Waals surface area (Å²) in [5.41, 5.74) is 0.655. The van der Waals surface area contributed by atoms with Gasteiger partial charge in [0.05, 0.1) is 6.61 Å². The van der Waals surface area contributed by atoms with Gasteiger partial charge >= 0.3 is 0 Å². The number of hydrogen-bond acceptors (Lipinski definition) is 3. The average Bonchev–Trinajstić information content (AvgIpc) is 2.27. The molecule has 0 aliphatic rings. The van der Waals surface area contributed by atoms with Crippen molar-refractivity contribution < 1.29 is 9.53 Å². The second-order valence-corrected chi connectivity index (χ2v) is 5.57. The third kappa shape index (κ3) is 5.64. The first-order valence-corrected chi connectivity index (χ1v) is 6.63. The minimum atomic E-state index is -0.295. The lowest BCUT2D eigenvalue weighted by Crippen LogP contribution is -2.47. The van der Waals surface area contributed by atoms with E-state index in [2.05, 4.69) is 10.6 Å². The van der Waals surface area contributed by atoms with E-state index in [4.69, 9.17) is 4.74 Å². The molecule has 2 N–H and O–H groups in total. The van der Waals surface area contributed by atoms with Crippen LogP contribution in [0.25, 0.3) is 0 Å². The highest BCUT2D eigenvalue weighted by molar-refractivity contribution is 5.84. The van der Waals surface area contributed by atoms with E-state index in [1.165, 1.54) is 0 Å². The van der Waals surface area contributed by atoms with Gasteiger partial charge in [0, 0.05) is 17.3 Å². The van der Waals surface area contributed by atoms with Crippen molar-refractivity contribution in [2.45, 2.75) is 46.2 Å². The van der Waals surface area contributed by atoms with Crippen LogP contribution in [-0.4, -0.2) is 24.1 Å². The first kappa shape index (κ1) is 15.3. The number of carbonyl (C=O) groups is 1. The van der Waals surface area contributed by atoms with Crippen molar-refractivity contribution in [2.75, 3.05) is 11.9 Å². The molecular weight excluding hydrogens is 240 g/mol. The molecule has 0 fully saturated rings. The first-order valence-electron chi connectivity index (χ1n) is 6.63. The Morgan fingerprint density at radius 1 is 1.37 bits per heavy atom. The SMILES string of the molecule is CCOc1cccc(NC(C)C(=O)NC(C)(C)C)c1. The molecule has 0 heterocycles. The monoisotopic (exact) mass is 264 g/mol. The Hall–Kier alpha value is -1.71. The Morgan fingerprint density at radius 2 is 2.05 bits per heavy atom. The van der Waals surface area contributed by atoms with Crippen LogP contribution in [0.3, 0.4) is 0 Å². The molecule has 1 atom stereocenters. The predicted octanol–water partition coefficient (Wildman–Crippen LogP) is 2.80. The molecule has 0 bridgehead atoms. The summed E-state index contributed by atoms with van der Waals surface area (Å²) in [7, 11) is 0. The number of amides is 1. The molecule has 0 aliphatic carbocycles. The van der Waals surface area contributed by atoms with Gasteiger partial charge in [0.25, 0.3) is 0 Å². The van der Waals surface area contributed by atoms with Crippen molar-refractivity contribution in [3.63, 3.8) is 0 Å². The summed E-state index contributed by atoms with van der Waals surface area (Å²) in [5, 5.41) is 6.12. The van der Waals surface area contributed by atoms with Crippen molar-refractivity contribution in [1.82, 2.24) is 5.32 Å². The number of carbonyl (C=O) groups excluding carboxylic acids is 1. The van der Waals surface area contributed by atoms with Gasteiger partial charge in [-0.3, -0.25) is 4.79 Å². The Bertz CT molecular complexity index is 424. The van der Waals surface area contributed by atoms with Crippen LogP contribution in [0.5, 0.6) is 5.75 Å². The van der Waals surface area contributed by atoms with Crippen LogP contribution in [0.2, 0.25) is 0 Å². The second kappa shape index (κ2) is 6.45. The fourth-order valence-electron chi connectivity index (χ4n) is 1.64. The Kier molecular flexibility index (Phi) is 5.21. The van der Waals surface area contributed by atoms with E-state index in [-0.39, 0.29) is 17.5 Å². The van der Waals surface area contributed by atoms with Crippen molar-refractivity contribution in [3.8, 4) is 5.75 Å². The smallest absolute Gasteiger partial charge is 0.242 e. The zero-order valence-corrected chi connectivity index (χ0v) is 12.4. The zero-order valence-electron chi connectivity index (χ0n) is 12.4. The maximum absolute atomic E-state index is 12.0. The van der Waals surface area contributed by atoms with Gasteiger partial charge in [-0.2, -0.15) is 0 Å². The van der Waals surface area contributed by atoms with E-state index < -0.39 is 0 Å². The molecule has 0 aliphatic heterocycles. The first-order chi connectivity index (χ1) is 8.81. The van der Waals surface area contributed by atoms with E-state index >= 15 is 0 Å². The van der Waals surface area contributed by atoms with Crippen LogP contribution in [0.1, 0.15) is 34.6 Å². The van der Waals surface area contributed by atoms with E-state index in [0.717, 1.165) is 11.4 Å². The van der Waals surface area contributed by atoms with E-state index in [1.54, 1.807) is 0 Å². The number of rotatable bonds is 5. The normalized spacial score (nSPS) is 12.7. The molecule has 1 aromatic rings. The van der Waals surface area contributed by atoms with Crippen LogP contribution in [0.15, 0.2) is 24.3 Å². The molecule has 1 amide bonds. The lowest BCUT2D eigenvalue weighted by Gasteiger charge is -2.24. The molecule has 0 spiro atoms. The molecular formula is C15H24N2O2. The second-order valence-electron chi connectivity index (χ2n) is 5.57. The number of nitrogens with one attached hydrogen (secondary N) is 2. The minimum Gasteiger partial charge on any atom is -0.494 e. The molecule has 0 saturated heterocycles. The lowest BCUT2D eigenvalue weighted by molar-refractivity contribution is -0.122. The Balaban J connectivity index is 2.63. The quantitative estimate of drug-likeness (QED) is 0.859. The fourth-order valence-corrected chi connectivity index (χ4v) is 1.64. The highest BCUT2D eigenvalue weighted by Crippen LogP contribution is 2.18. The topological polar surface area (TPSA) is 50.4 Å². The van der Waals surface area contributed by atoms with E-state index in [0.29, 0.717) is 6.61 Å². The Morgan fingerprint density at radius 3 is 2.63 bits per heavy atom. The van der Waals surface area contributed by atoms with Crippen LogP contribution in [0.4, 0.5) is 5.69 Å². The van der Waals surface area contributed by atoms with Crippen molar-refractivity contribution in [2.24, 2.45) is 0 Å². The summed E-state index contributed by atoms with van der Waals surface area (Å²) >= 11 is 0. The van der Waals surface area contributed by atoms with Crippen LogP contribution in [-0.2, 0) is 4.79 Å². The highest BCUT2D eigenvalue weighted by atomic mass is 16.5. The maximum Gasteiger partial charge on any atom is 0.242 e. The zero-order chi connectivity index (χ0) is 14.5. The van der Waals surface area contributed by atoms with Gasteiger partial charge in [0.15, 0.2) is 0 Å². The minimum absolute atomic E-state index is 0.0192. The molecule has 19 heavy (non-hydrogen) atoms. The van der Waals surface area contributed by atoms with Gasteiger partial charge in [-0.15, -0.1) is 0 Å². The van der Waals surface area contributed by atoms with E-state index in [9.17, 15) is 4.79 Å². The maximum atomic E-state index is 12.0. The molecule has 4 nitrogen and oxygen atoms in total. The summed E-state index contributed by atoms with van der Waals surface area (Å²) in [4.78, 5) is 12.0. The van der Waals surface area contributed by atoms with Gasteiger partial charge in [-0.05, 0) is 46.8 Å². The summed E-state index contributed by atoms with van der Waals surface area (Å²) in [5.74, 6) is 0.783. The van der Waals surface area contributed by atoms with Gasteiger partial charge in [-0.25, -0.2) is 0 Å². The van der Waals surface area contributed by atoms with Crippen molar-refractivity contribution in [1.29, 1.82) is 0 Å². The van der Waals surface area contributed by atoms with Gasteiger partial charge in [0.2, 0.25) is 5.91 Å². The third-order valence-electron chi connectivity index (χ3n) is 2.42. The summed E-state index contributed by atoms with van der Waals surface area (Å²) in [6.45, 7) is 10.3. The third-order valence-corrected chi connectivity index (χ3v) is 2.42. The highest BCUT2D eigenvalue weighted by Gasteiger charge is 2.18. The van der Waals surface area contributed by atoms with Gasteiger partial charge in [0.1, 0.15) is 11.8 Å². The summed E-state index contributed by atoms with van der Waals surface area (Å²) in [6, 6.07) is 7.32. The number of hydrogen-bond donors (Lipinski definition) is 2. The average molecular weight is 264 g/mol.